The molecular weight excluding hydrogens is 462 g/mol. The molecule has 0 saturated carbocycles. The van der Waals surface area contributed by atoms with Crippen molar-refractivity contribution in [3.63, 3.8) is 0 Å². The van der Waals surface area contributed by atoms with Crippen LogP contribution in [0.15, 0.2) is 123 Å². The predicted octanol–water partition coefficient (Wildman–Crippen LogP) is 9.34. The molecule has 1 aromatic heterocycles. The average molecular weight is 486 g/mol. The Hall–Kier alpha value is -3.27. The van der Waals surface area contributed by atoms with E-state index in [1.54, 1.807) is 0 Å². The van der Waals surface area contributed by atoms with Gasteiger partial charge in [0.1, 0.15) is 0 Å². The maximum Gasteiger partial charge on any atom is 0.0701 e. The second-order valence-electron chi connectivity index (χ2n) is 9.64. The fourth-order valence-electron chi connectivity index (χ4n) is 5.41. The fraction of sp³-hybridized carbons (Fsp3) is 0.0938. The van der Waals surface area contributed by atoms with E-state index in [9.17, 15) is 0 Å². The number of fused-ring (bicyclic) bond motifs is 6. The van der Waals surface area contributed by atoms with Crippen LogP contribution >= 0.6 is 23.5 Å². The molecule has 0 radical (unpaired) electrons. The average Bonchev–Trinajstić information content (AvgIpc) is 3.14. The summed E-state index contributed by atoms with van der Waals surface area (Å²) in [6, 6.07) is 35.2. The molecule has 35 heavy (non-hydrogen) atoms. The molecule has 3 heteroatoms. The summed E-state index contributed by atoms with van der Waals surface area (Å²) in [5.41, 5.74) is 10.2. The van der Waals surface area contributed by atoms with Crippen LogP contribution in [0.3, 0.4) is 0 Å². The summed E-state index contributed by atoms with van der Waals surface area (Å²) in [7, 11) is 0. The van der Waals surface area contributed by atoms with Crippen molar-refractivity contribution >= 4 is 23.5 Å². The van der Waals surface area contributed by atoms with E-state index in [1.807, 2.05) is 41.9 Å². The third-order valence-electron chi connectivity index (χ3n) is 7.19. The molecule has 2 heterocycles. The van der Waals surface area contributed by atoms with E-state index in [0.29, 0.717) is 0 Å². The molecule has 0 atom stereocenters. The number of nitrogens with zero attached hydrogens (tertiary/aromatic N) is 1. The van der Waals surface area contributed by atoms with E-state index in [0.717, 1.165) is 11.3 Å². The minimum Gasteiger partial charge on any atom is -0.256 e. The number of rotatable bonds is 2. The molecule has 0 unspecified atom stereocenters. The van der Waals surface area contributed by atoms with Crippen LogP contribution in [0.1, 0.15) is 25.0 Å². The van der Waals surface area contributed by atoms with Crippen molar-refractivity contribution in [1.82, 2.24) is 4.98 Å². The number of hydrogen-bond acceptors (Lipinski definition) is 3. The van der Waals surface area contributed by atoms with Crippen LogP contribution in [0.2, 0.25) is 0 Å². The Morgan fingerprint density at radius 1 is 0.600 bits per heavy atom. The van der Waals surface area contributed by atoms with Gasteiger partial charge in [0.2, 0.25) is 0 Å². The minimum absolute atomic E-state index is 0.0558. The molecule has 0 N–H and O–H groups in total. The van der Waals surface area contributed by atoms with Gasteiger partial charge in [0.15, 0.2) is 0 Å². The molecule has 4 aromatic carbocycles. The van der Waals surface area contributed by atoms with E-state index in [4.69, 9.17) is 0 Å². The zero-order valence-corrected chi connectivity index (χ0v) is 21.2. The van der Waals surface area contributed by atoms with Gasteiger partial charge in [-0.2, -0.15) is 0 Å². The number of pyridine rings is 1. The Morgan fingerprint density at radius 2 is 1.29 bits per heavy atom. The first-order valence-electron chi connectivity index (χ1n) is 11.9. The Morgan fingerprint density at radius 3 is 2.06 bits per heavy atom. The van der Waals surface area contributed by atoms with Gasteiger partial charge in [-0.15, -0.1) is 0 Å². The first kappa shape index (κ1) is 21.0. The van der Waals surface area contributed by atoms with Crippen molar-refractivity contribution < 1.29 is 0 Å². The SMILES string of the molecule is CC1(C)c2cc(-c3ccc(-c4ccccn4)cc3)ccc2-c2ccc3c(c21)Sc1ccccc1S3. The van der Waals surface area contributed by atoms with Gasteiger partial charge >= 0.3 is 0 Å². The van der Waals surface area contributed by atoms with Gasteiger partial charge < -0.3 is 0 Å². The Labute approximate surface area is 214 Å². The summed E-state index contributed by atoms with van der Waals surface area (Å²) in [5.74, 6) is 0. The monoisotopic (exact) mass is 485 g/mol. The molecule has 0 fully saturated rings. The lowest BCUT2D eigenvalue weighted by Gasteiger charge is -2.28. The van der Waals surface area contributed by atoms with Crippen molar-refractivity contribution in [3.8, 4) is 33.5 Å². The van der Waals surface area contributed by atoms with Gasteiger partial charge in [-0.05, 0) is 69.8 Å². The number of hydrogen-bond donors (Lipinski definition) is 0. The topological polar surface area (TPSA) is 12.9 Å². The van der Waals surface area contributed by atoms with Crippen LogP contribution in [-0.4, -0.2) is 4.98 Å². The minimum atomic E-state index is -0.0558. The van der Waals surface area contributed by atoms with Crippen LogP contribution < -0.4 is 0 Å². The van der Waals surface area contributed by atoms with Crippen LogP contribution in [-0.2, 0) is 5.41 Å². The molecule has 1 aliphatic heterocycles. The summed E-state index contributed by atoms with van der Waals surface area (Å²) in [6.07, 6.45) is 1.84. The summed E-state index contributed by atoms with van der Waals surface area (Å²) in [5, 5.41) is 0. The van der Waals surface area contributed by atoms with E-state index in [1.165, 1.54) is 53.0 Å². The third kappa shape index (κ3) is 3.30. The smallest absolute Gasteiger partial charge is 0.0701 e. The molecule has 0 amide bonds. The summed E-state index contributed by atoms with van der Waals surface area (Å²) in [4.78, 5) is 10.0. The number of aromatic nitrogens is 1. The molecule has 0 bridgehead atoms. The molecule has 1 nitrogen and oxygen atoms in total. The lowest BCUT2D eigenvalue weighted by Crippen LogP contribution is -2.17. The molecular formula is C32H23NS2. The van der Waals surface area contributed by atoms with Gasteiger partial charge in [-0.1, -0.05) is 98.0 Å². The maximum absolute atomic E-state index is 4.49. The van der Waals surface area contributed by atoms with Crippen LogP contribution in [0.4, 0.5) is 0 Å². The standard InChI is InChI=1S/C32H23NS2/c1-32(2)25-19-22(20-10-12-21(13-11-20)26-7-5-6-18-33-26)14-15-23(25)24-16-17-29-31(30(24)32)35-28-9-4-3-8-27(28)34-29/h3-19H,1-2H3. The highest BCUT2D eigenvalue weighted by Gasteiger charge is 2.39. The Kier molecular flexibility index (Phi) is 4.74. The van der Waals surface area contributed by atoms with Crippen molar-refractivity contribution in [2.24, 2.45) is 0 Å². The summed E-state index contributed by atoms with van der Waals surface area (Å²) in [6.45, 7) is 4.77. The normalized spacial score (nSPS) is 14.6. The van der Waals surface area contributed by atoms with Crippen molar-refractivity contribution in [2.75, 3.05) is 0 Å². The lowest BCUT2D eigenvalue weighted by molar-refractivity contribution is 0.642. The first-order valence-corrected chi connectivity index (χ1v) is 13.5. The highest BCUT2D eigenvalue weighted by atomic mass is 32.2. The Bertz CT molecular complexity index is 1600. The van der Waals surface area contributed by atoms with Gasteiger partial charge in [-0.25, -0.2) is 0 Å². The van der Waals surface area contributed by atoms with Crippen LogP contribution in [0, 0.1) is 0 Å². The molecule has 1 aliphatic carbocycles. The maximum atomic E-state index is 4.49. The highest BCUT2D eigenvalue weighted by Crippen LogP contribution is 2.58. The van der Waals surface area contributed by atoms with Crippen LogP contribution in [0.25, 0.3) is 33.5 Å². The summed E-state index contributed by atoms with van der Waals surface area (Å²) >= 11 is 3.84. The second-order valence-corrected chi connectivity index (χ2v) is 11.8. The Balaban J connectivity index is 1.29. The third-order valence-corrected chi connectivity index (χ3v) is 9.79. The lowest BCUT2D eigenvalue weighted by atomic mass is 9.81. The van der Waals surface area contributed by atoms with Gasteiger partial charge in [-0.3, -0.25) is 4.98 Å². The van der Waals surface area contributed by atoms with Crippen molar-refractivity contribution in [2.45, 2.75) is 38.8 Å². The van der Waals surface area contributed by atoms with E-state index in [2.05, 4.69) is 104 Å². The summed E-state index contributed by atoms with van der Waals surface area (Å²) < 4.78 is 0. The first-order chi connectivity index (χ1) is 17.1. The van der Waals surface area contributed by atoms with Gasteiger partial charge in [0, 0.05) is 36.8 Å². The molecule has 7 rings (SSSR count). The van der Waals surface area contributed by atoms with E-state index < -0.39 is 0 Å². The van der Waals surface area contributed by atoms with Crippen LogP contribution in [0.5, 0.6) is 0 Å². The largest absolute Gasteiger partial charge is 0.256 e. The number of benzene rings is 4. The zero-order chi connectivity index (χ0) is 23.6. The predicted molar refractivity (Wildman–Crippen MR) is 147 cm³/mol. The highest BCUT2D eigenvalue weighted by molar-refractivity contribution is 8.05. The molecule has 0 spiro atoms. The molecule has 168 valence electrons. The second kappa shape index (κ2) is 7.87. The van der Waals surface area contributed by atoms with Crippen molar-refractivity contribution in [1.29, 1.82) is 0 Å². The molecule has 2 aliphatic rings. The van der Waals surface area contributed by atoms with Gasteiger partial charge in [0.05, 0.1) is 5.69 Å². The zero-order valence-electron chi connectivity index (χ0n) is 19.6. The van der Waals surface area contributed by atoms with E-state index in [-0.39, 0.29) is 5.41 Å². The van der Waals surface area contributed by atoms with E-state index >= 15 is 0 Å². The van der Waals surface area contributed by atoms with Crippen molar-refractivity contribution in [3.05, 3.63) is 114 Å². The quantitative estimate of drug-likeness (QED) is 0.242. The molecule has 0 saturated heterocycles. The van der Waals surface area contributed by atoms with Gasteiger partial charge in [0.25, 0.3) is 0 Å². The molecule has 5 aromatic rings. The fourth-order valence-corrected chi connectivity index (χ4v) is 7.97.